The number of carbonyl (C=O) groups excluding carboxylic acids is 2. The van der Waals surface area contributed by atoms with Crippen LogP contribution in [0.4, 0.5) is 0 Å². The van der Waals surface area contributed by atoms with E-state index in [1.165, 1.54) is 0 Å². The lowest BCUT2D eigenvalue weighted by atomic mass is 9.99. The second-order valence-corrected chi connectivity index (χ2v) is 11.1. The van der Waals surface area contributed by atoms with E-state index in [0.717, 1.165) is 11.1 Å². The fraction of sp³-hybridized carbons (Fsp3) is 0.154. The Morgan fingerprint density at radius 3 is 1.69 bits per heavy atom. The highest BCUT2D eigenvalue weighted by Crippen LogP contribution is 2.31. The molecule has 5 rings (SSSR count). The van der Waals surface area contributed by atoms with Gasteiger partial charge in [0.2, 0.25) is 0 Å². The molecule has 5 aromatic rings. The number of ether oxygens (including phenoxy) is 2. The summed E-state index contributed by atoms with van der Waals surface area (Å²) in [5.41, 5.74) is 3.29. The lowest BCUT2D eigenvalue weighted by Gasteiger charge is -2.25. The molecule has 4 N–H and O–H groups in total. The summed E-state index contributed by atoms with van der Waals surface area (Å²) in [7, 11) is 0. The molecule has 0 aliphatic heterocycles. The molecule has 0 bridgehead atoms. The van der Waals surface area contributed by atoms with Gasteiger partial charge in [0.1, 0.15) is 19.3 Å². The quantitative estimate of drug-likeness (QED) is 0.118. The van der Waals surface area contributed by atoms with Crippen molar-refractivity contribution >= 4 is 17.8 Å². The highest BCUT2D eigenvalue weighted by molar-refractivity contribution is 5.95. The first-order valence-corrected chi connectivity index (χ1v) is 15.5. The van der Waals surface area contributed by atoms with Crippen LogP contribution in [0.3, 0.4) is 0 Å². The minimum Gasteiger partial charge on any atom is -0.485 e. The molecule has 0 saturated carbocycles. The maximum absolute atomic E-state index is 13.4. The van der Waals surface area contributed by atoms with Gasteiger partial charge in [0.25, 0.3) is 11.8 Å². The largest absolute Gasteiger partial charge is 0.485 e. The standard InChI is InChI=1S/C39H36N2O7/c42-36(35(30-17-9-3-10-18-30)41-37(43)31-19-11-4-12-20-31)38(44)40-32(39(45)46)23-29-21-22-33(47-25-27-13-5-1-6-14-27)34(24-29)48-26-28-15-7-2-8-16-28/h1-22,24,32,35-36,42H,23,25-26H2,(H,40,44)(H,41,43)(H,45,46)/t32-,35+,36-/m1/s1. The minimum absolute atomic E-state index is 0.110. The number of amides is 2. The fourth-order valence-corrected chi connectivity index (χ4v) is 5.05. The van der Waals surface area contributed by atoms with E-state index in [0.29, 0.717) is 34.8 Å². The predicted octanol–water partition coefficient (Wildman–Crippen LogP) is 5.49. The number of aliphatic hydroxyl groups is 1. The van der Waals surface area contributed by atoms with E-state index < -0.39 is 36.0 Å². The van der Waals surface area contributed by atoms with Gasteiger partial charge < -0.3 is 30.3 Å². The lowest BCUT2D eigenvalue weighted by molar-refractivity contribution is -0.143. The van der Waals surface area contributed by atoms with Crippen molar-refractivity contribution in [2.45, 2.75) is 37.8 Å². The molecule has 0 fully saturated rings. The van der Waals surface area contributed by atoms with E-state index in [4.69, 9.17) is 9.47 Å². The number of aliphatic hydroxyl groups excluding tert-OH is 1. The van der Waals surface area contributed by atoms with Gasteiger partial charge in [0, 0.05) is 12.0 Å². The highest BCUT2D eigenvalue weighted by atomic mass is 16.5. The van der Waals surface area contributed by atoms with Crippen LogP contribution in [0.5, 0.6) is 11.5 Å². The Morgan fingerprint density at radius 2 is 1.12 bits per heavy atom. The summed E-state index contributed by atoms with van der Waals surface area (Å²) in [6.07, 6.45) is -1.90. The van der Waals surface area contributed by atoms with E-state index in [1.54, 1.807) is 78.9 Å². The SMILES string of the molecule is O=C(N[C@@H](c1ccccc1)[C@@H](O)C(=O)N[C@H](Cc1ccc(OCc2ccccc2)c(OCc2ccccc2)c1)C(=O)O)c1ccccc1. The average Bonchev–Trinajstić information content (AvgIpc) is 3.13. The molecule has 0 heterocycles. The van der Waals surface area contributed by atoms with E-state index in [2.05, 4.69) is 10.6 Å². The number of carboxylic acid groups (broad SMARTS) is 1. The van der Waals surface area contributed by atoms with Crippen LogP contribution >= 0.6 is 0 Å². The molecule has 3 atom stereocenters. The molecule has 244 valence electrons. The molecule has 0 radical (unpaired) electrons. The Bertz CT molecular complexity index is 1790. The first-order valence-electron chi connectivity index (χ1n) is 15.5. The second kappa shape index (κ2) is 16.6. The molecule has 48 heavy (non-hydrogen) atoms. The van der Waals surface area contributed by atoms with Crippen molar-refractivity contribution in [3.63, 3.8) is 0 Å². The number of hydrogen-bond donors (Lipinski definition) is 4. The summed E-state index contributed by atoms with van der Waals surface area (Å²) in [5.74, 6) is -1.85. The van der Waals surface area contributed by atoms with E-state index in [1.807, 2.05) is 60.7 Å². The van der Waals surface area contributed by atoms with Crippen LogP contribution in [0.25, 0.3) is 0 Å². The zero-order valence-electron chi connectivity index (χ0n) is 26.1. The van der Waals surface area contributed by atoms with Gasteiger partial charge in [0.05, 0.1) is 6.04 Å². The first kappa shape index (κ1) is 33.4. The first-order chi connectivity index (χ1) is 23.4. The number of hydrogen-bond acceptors (Lipinski definition) is 6. The fourth-order valence-electron chi connectivity index (χ4n) is 5.05. The summed E-state index contributed by atoms with van der Waals surface area (Å²) < 4.78 is 12.2. The van der Waals surface area contributed by atoms with Gasteiger partial charge >= 0.3 is 5.97 Å². The van der Waals surface area contributed by atoms with Gasteiger partial charge in [-0.3, -0.25) is 9.59 Å². The predicted molar refractivity (Wildman–Crippen MR) is 180 cm³/mol. The van der Waals surface area contributed by atoms with Gasteiger partial charge in [-0.1, -0.05) is 115 Å². The molecule has 0 aliphatic rings. The van der Waals surface area contributed by atoms with Crippen molar-refractivity contribution in [1.29, 1.82) is 0 Å². The maximum atomic E-state index is 13.4. The lowest BCUT2D eigenvalue weighted by Crippen LogP contribution is -2.50. The molecule has 0 saturated heterocycles. The van der Waals surface area contributed by atoms with Crippen molar-refractivity contribution in [2.24, 2.45) is 0 Å². The zero-order valence-corrected chi connectivity index (χ0v) is 26.1. The Labute approximate surface area is 278 Å². The van der Waals surface area contributed by atoms with Crippen LogP contribution in [0.15, 0.2) is 140 Å². The zero-order chi connectivity index (χ0) is 33.7. The van der Waals surface area contributed by atoms with Crippen LogP contribution in [0, 0.1) is 0 Å². The van der Waals surface area contributed by atoms with Gasteiger partial charge in [-0.25, -0.2) is 4.79 Å². The van der Waals surface area contributed by atoms with Gasteiger partial charge in [-0.2, -0.15) is 0 Å². The van der Waals surface area contributed by atoms with Gasteiger partial charge in [-0.15, -0.1) is 0 Å². The number of rotatable bonds is 15. The molecule has 0 aliphatic carbocycles. The van der Waals surface area contributed by atoms with Gasteiger partial charge in [-0.05, 0) is 46.5 Å². The molecule has 2 amide bonds. The summed E-state index contributed by atoms with van der Waals surface area (Å²) in [6, 6.07) is 38.7. The topological polar surface area (TPSA) is 134 Å². The van der Waals surface area contributed by atoms with Crippen molar-refractivity contribution in [1.82, 2.24) is 10.6 Å². The number of benzene rings is 5. The summed E-state index contributed by atoms with van der Waals surface area (Å²) >= 11 is 0. The molecule has 0 aromatic heterocycles. The van der Waals surface area contributed by atoms with Crippen LogP contribution in [0.1, 0.15) is 38.7 Å². The van der Waals surface area contributed by atoms with Gasteiger partial charge in [0.15, 0.2) is 17.6 Å². The molecule has 0 spiro atoms. The normalized spacial score (nSPS) is 12.6. The third-order valence-electron chi connectivity index (χ3n) is 7.60. The molecular formula is C39H36N2O7. The minimum atomic E-state index is -1.79. The summed E-state index contributed by atoms with van der Waals surface area (Å²) in [5, 5.41) is 26.4. The third kappa shape index (κ3) is 9.31. The van der Waals surface area contributed by atoms with Crippen LogP contribution < -0.4 is 20.1 Å². The Kier molecular flexibility index (Phi) is 11.5. The molecular weight excluding hydrogens is 608 g/mol. The molecule has 5 aromatic carbocycles. The Morgan fingerprint density at radius 1 is 0.604 bits per heavy atom. The summed E-state index contributed by atoms with van der Waals surface area (Å²) in [6.45, 7) is 0.559. The Hall–Kier alpha value is -5.93. The van der Waals surface area contributed by atoms with E-state index in [9.17, 15) is 24.6 Å². The highest BCUT2D eigenvalue weighted by Gasteiger charge is 2.32. The molecule has 9 heteroatoms. The monoisotopic (exact) mass is 644 g/mol. The van der Waals surface area contributed by atoms with Crippen molar-refractivity contribution in [2.75, 3.05) is 0 Å². The second-order valence-electron chi connectivity index (χ2n) is 11.1. The van der Waals surface area contributed by atoms with Crippen LogP contribution in [-0.4, -0.2) is 40.1 Å². The summed E-state index contributed by atoms with van der Waals surface area (Å²) in [4.78, 5) is 38.7. The third-order valence-corrected chi connectivity index (χ3v) is 7.60. The van der Waals surface area contributed by atoms with Crippen molar-refractivity contribution < 1.29 is 34.1 Å². The van der Waals surface area contributed by atoms with Crippen LogP contribution in [0.2, 0.25) is 0 Å². The average molecular weight is 645 g/mol. The molecule has 9 nitrogen and oxygen atoms in total. The smallest absolute Gasteiger partial charge is 0.326 e. The van der Waals surface area contributed by atoms with Crippen molar-refractivity contribution in [3.05, 3.63) is 167 Å². The van der Waals surface area contributed by atoms with Crippen LogP contribution in [-0.2, 0) is 29.2 Å². The Balaban J connectivity index is 1.32. The van der Waals surface area contributed by atoms with E-state index in [-0.39, 0.29) is 13.0 Å². The molecule has 0 unspecified atom stereocenters. The maximum Gasteiger partial charge on any atom is 0.326 e. The number of carboxylic acids is 1. The van der Waals surface area contributed by atoms with Crippen molar-refractivity contribution in [3.8, 4) is 11.5 Å². The number of aliphatic carboxylic acids is 1. The van der Waals surface area contributed by atoms with E-state index >= 15 is 0 Å². The number of carbonyl (C=O) groups is 3. The number of nitrogens with one attached hydrogen (secondary N) is 2.